The quantitative estimate of drug-likeness (QED) is 0.761. The molecule has 1 heterocycles. The van der Waals surface area contributed by atoms with Crippen LogP contribution >= 0.6 is 15.9 Å². The molecule has 0 radical (unpaired) electrons. The van der Waals surface area contributed by atoms with Crippen molar-refractivity contribution in [3.63, 3.8) is 0 Å². The Morgan fingerprint density at radius 2 is 2.15 bits per heavy atom. The first kappa shape index (κ1) is 13.5. The number of halogens is 1. The van der Waals surface area contributed by atoms with Gasteiger partial charge in [-0.2, -0.15) is 0 Å². The molecule has 1 aliphatic rings. The number of aryl methyl sites for hydroxylation is 1. The van der Waals surface area contributed by atoms with Crippen LogP contribution in [0, 0.1) is 6.92 Å². The first-order valence-corrected chi connectivity index (χ1v) is 7.71. The zero-order valence-corrected chi connectivity index (χ0v) is 13.0. The molecule has 2 aromatic rings. The minimum absolute atomic E-state index is 0.0899. The first-order chi connectivity index (χ1) is 9.68. The number of hydrogen-bond acceptors (Lipinski definition) is 2. The molecule has 2 nitrogen and oxygen atoms in total. The molecule has 102 valence electrons. The Labute approximate surface area is 127 Å². The van der Waals surface area contributed by atoms with Crippen LogP contribution in [-0.4, -0.2) is 10.8 Å². The number of ketones is 1. The van der Waals surface area contributed by atoms with E-state index in [0.717, 1.165) is 40.6 Å². The van der Waals surface area contributed by atoms with Gasteiger partial charge in [-0.25, -0.2) is 0 Å². The first-order valence-electron chi connectivity index (χ1n) is 6.91. The van der Waals surface area contributed by atoms with Gasteiger partial charge in [0.05, 0.1) is 11.6 Å². The summed E-state index contributed by atoms with van der Waals surface area (Å²) in [7, 11) is 0. The van der Waals surface area contributed by atoms with Gasteiger partial charge in [0.1, 0.15) is 0 Å². The second-order valence-corrected chi connectivity index (χ2v) is 6.12. The van der Waals surface area contributed by atoms with Gasteiger partial charge in [0.15, 0.2) is 5.78 Å². The summed E-state index contributed by atoms with van der Waals surface area (Å²) >= 11 is 3.50. The van der Waals surface area contributed by atoms with Crippen LogP contribution in [0.5, 0.6) is 0 Å². The van der Waals surface area contributed by atoms with E-state index in [1.54, 1.807) is 6.20 Å². The molecule has 0 saturated carbocycles. The Hall–Kier alpha value is -1.48. The molecular formula is C17H16BrNO. The predicted molar refractivity (Wildman–Crippen MR) is 83.1 cm³/mol. The lowest BCUT2D eigenvalue weighted by Crippen LogP contribution is -2.20. The maximum Gasteiger partial charge on any atom is 0.172 e. The predicted octanol–water partition coefficient (Wildman–Crippen LogP) is 4.46. The minimum atomic E-state index is -0.0899. The van der Waals surface area contributed by atoms with Crippen LogP contribution in [0.25, 0.3) is 0 Å². The van der Waals surface area contributed by atoms with E-state index in [1.807, 2.05) is 31.2 Å². The molecule has 1 aromatic carbocycles. The Morgan fingerprint density at radius 1 is 1.30 bits per heavy atom. The average molecular weight is 330 g/mol. The van der Waals surface area contributed by atoms with Crippen molar-refractivity contribution < 1.29 is 4.79 Å². The minimum Gasteiger partial charge on any atom is -0.293 e. The maximum atomic E-state index is 12.9. The Kier molecular flexibility index (Phi) is 3.70. The number of nitrogens with zero attached hydrogens (tertiary/aromatic N) is 1. The molecular weight excluding hydrogens is 314 g/mol. The third-order valence-corrected chi connectivity index (χ3v) is 4.90. The molecule has 1 atom stereocenters. The fraction of sp³-hybridized carbons (Fsp3) is 0.294. The molecule has 0 bridgehead atoms. The number of hydrogen-bond donors (Lipinski definition) is 0. The lowest BCUT2D eigenvalue weighted by Gasteiger charge is -2.23. The number of aromatic nitrogens is 1. The zero-order valence-electron chi connectivity index (χ0n) is 11.4. The molecule has 0 fully saturated rings. The highest BCUT2D eigenvalue weighted by molar-refractivity contribution is 9.10. The molecule has 0 aliphatic heterocycles. The SMILES string of the molecule is Cc1c(Br)cccc1C(=O)C1CCCc2cccnc21. The van der Waals surface area contributed by atoms with E-state index in [0.29, 0.717) is 0 Å². The van der Waals surface area contributed by atoms with Gasteiger partial charge in [0.2, 0.25) is 0 Å². The molecule has 0 spiro atoms. The van der Waals surface area contributed by atoms with Crippen LogP contribution < -0.4 is 0 Å². The van der Waals surface area contributed by atoms with Gasteiger partial charge >= 0.3 is 0 Å². The molecule has 20 heavy (non-hydrogen) atoms. The zero-order chi connectivity index (χ0) is 14.1. The van der Waals surface area contributed by atoms with E-state index in [2.05, 4.69) is 27.0 Å². The molecule has 0 saturated heterocycles. The topological polar surface area (TPSA) is 30.0 Å². The average Bonchev–Trinajstić information content (AvgIpc) is 2.49. The smallest absolute Gasteiger partial charge is 0.172 e. The van der Waals surface area contributed by atoms with Gasteiger partial charge in [0.25, 0.3) is 0 Å². The highest BCUT2D eigenvalue weighted by atomic mass is 79.9. The van der Waals surface area contributed by atoms with E-state index in [1.165, 1.54) is 5.56 Å². The van der Waals surface area contributed by atoms with Gasteiger partial charge in [-0.1, -0.05) is 34.1 Å². The number of rotatable bonds is 2. The van der Waals surface area contributed by atoms with Crippen LogP contribution in [0.3, 0.4) is 0 Å². The molecule has 0 N–H and O–H groups in total. The summed E-state index contributed by atoms with van der Waals surface area (Å²) in [5.74, 6) is 0.108. The third kappa shape index (κ3) is 2.31. The summed E-state index contributed by atoms with van der Waals surface area (Å²) in [4.78, 5) is 17.3. The Morgan fingerprint density at radius 3 is 3.00 bits per heavy atom. The third-order valence-electron chi connectivity index (χ3n) is 4.04. The monoisotopic (exact) mass is 329 g/mol. The van der Waals surface area contributed by atoms with Gasteiger partial charge in [-0.05, 0) is 49.4 Å². The fourth-order valence-corrected chi connectivity index (χ4v) is 3.29. The summed E-state index contributed by atoms with van der Waals surface area (Å²) in [6.45, 7) is 1.99. The van der Waals surface area contributed by atoms with Crippen LogP contribution in [0.2, 0.25) is 0 Å². The normalized spacial score (nSPS) is 17.6. The van der Waals surface area contributed by atoms with E-state index in [4.69, 9.17) is 0 Å². The Bertz CT molecular complexity index is 666. The number of Topliss-reactive ketones (excluding diaryl/α,β-unsaturated/α-hetero) is 1. The lowest BCUT2D eigenvalue weighted by atomic mass is 9.81. The van der Waals surface area contributed by atoms with E-state index >= 15 is 0 Å². The van der Waals surface area contributed by atoms with Crippen LogP contribution in [-0.2, 0) is 6.42 Å². The van der Waals surface area contributed by atoms with Crippen molar-refractivity contribution in [2.45, 2.75) is 32.1 Å². The summed E-state index contributed by atoms with van der Waals surface area (Å²) in [5.41, 5.74) is 4.02. The Balaban J connectivity index is 2.02. The summed E-state index contributed by atoms with van der Waals surface area (Å²) < 4.78 is 0.986. The van der Waals surface area contributed by atoms with Gasteiger partial charge in [-0.3, -0.25) is 9.78 Å². The van der Waals surface area contributed by atoms with Crippen LogP contribution in [0.1, 0.15) is 45.9 Å². The van der Waals surface area contributed by atoms with Crippen LogP contribution in [0.4, 0.5) is 0 Å². The highest BCUT2D eigenvalue weighted by Crippen LogP contribution is 2.34. The summed E-state index contributed by atoms with van der Waals surface area (Å²) in [6.07, 6.45) is 4.78. The lowest BCUT2D eigenvalue weighted by molar-refractivity contribution is 0.0948. The number of carbonyl (C=O) groups is 1. The van der Waals surface area contributed by atoms with Crippen molar-refractivity contribution in [2.24, 2.45) is 0 Å². The molecule has 3 heteroatoms. The molecule has 3 rings (SSSR count). The van der Waals surface area contributed by atoms with Gasteiger partial charge in [-0.15, -0.1) is 0 Å². The van der Waals surface area contributed by atoms with Crippen molar-refractivity contribution in [3.05, 3.63) is 63.4 Å². The fourth-order valence-electron chi connectivity index (χ4n) is 2.93. The van der Waals surface area contributed by atoms with E-state index in [-0.39, 0.29) is 11.7 Å². The van der Waals surface area contributed by atoms with Crippen molar-refractivity contribution in [3.8, 4) is 0 Å². The van der Waals surface area contributed by atoms with Gasteiger partial charge < -0.3 is 0 Å². The number of pyridine rings is 1. The molecule has 1 unspecified atom stereocenters. The van der Waals surface area contributed by atoms with Crippen molar-refractivity contribution >= 4 is 21.7 Å². The molecule has 1 aliphatic carbocycles. The summed E-state index contributed by atoms with van der Waals surface area (Å²) in [5, 5.41) is 0. The largest absolute Gasteiger partial charge is 0.293 e. The van der Waals surface area contributed by atoms with Crippen LogP contribution in [0.15, 0.2) is 41.0 Å². The van der Waals surface area contributed by atoms with Crippen molar-refractivity contribution in [1.82, 2.24) is 4.98 Å². The number of benzene rings is 1. The second-order valence-electron chi connectivity index (χ2n) is 5.27. The van der Waals surface area contributed by atoms with E-state index < -0.39 is 0 Å². The van der Waals surface area contributed by atoms with Gasteiger partial charge in [0, 0.05) is 16.2 Å². The van der Waals surface area contributed by atoms with Crippen molar-refractivity contribution in [2.75, 3.05) is 0 Å². The second kappa shape index (κ2) is 5.49. The number of carbonyl (C=O) groups excluding carboxylic acids is 1. The van der Waals surface area contributed by atoms with Crippen molar-refractivity contribution in [1.29, 1.82) is 0 Å². The maximum absolute atomic E-state index is 12.9. The molecule has 0 amide bonds. The summed E-state index contributed by atoms with van der Waals surface area (Å²) in [6, 6.07) is 9.86. The van der Waals surface area contributed by atoms with E-state index in [9.17, 15) is 4.79 Å². The number of fused-ring (bicyclic) bond motifs is 1. The standard InChI is InChI=1S/C17H16BrNO/c1-11-13(7-3-9-15(11)18)17(20)14-8-2-5-12-6-4-10-19-16(12)14/h3-4,6-7,9-10,14H,2,5,8H2,1H3. The molecule has 1 aromatic heterocycles. The highest BCUT2D eigenvalue weighted by Gasteiger charge is 2.29.